The predicted molar refractivity (Wildman–Crippen MR) is 57.5 cm³/mol. The van der Waals surface area contributed by atoms with E-state index in [4.69, 9.17) is 10.6 Å². The molecule has 0 aliphatic carbocycles. The van der Waals surface area contributed by atoms with Crippen molar-refractivity contribution in [1.29, 1.82) is 0 Å². The molecular weight excluding hydrogens is 192 g/mol. The molecule has 0 spiro atoms. The van der Waals surface area contributed by atoms with Gasteiger partial charge in [0.1, 0.15) is 11.4 Å². The van der Waals surface area contributed by atoms with Crippen molar-refractivity contribution in [2.45, 2.75) is 13.3 Å². The number of nitrogens with two attached hydrogens (primary N) is 1. The number of fused-ring (bicyclic) bond motifs is 1. The summed E-state index contributed by atoms with van der Waals surface area (Å²) < 4.78 is 5.19. The number of rotatable bonds is 1. The Labute approximate surface area is 88.6 Å². The van der Waals surface area contributed by atoms with Crippen LogP contribution in [0.1, 0.15) is 12.5 Å². The smallest absolute Gasteiger partial charge is 0.244 e. The molecule has 2 rings (SSSR count). The number of hydrogen-bond acceptors (Lipinski definition) is 3. The highest BCUT2D eigenvalue weighted by atomic mass is 16.5. The van der Waals surface area contributed by atoms with Gasteiger partial charge >= 0.3 is 0 Å². The normalized spacial score (nSPS) is 20.1. The Morgan fingerprint density at radius 1 is 1.53 bits per heavy atom. The first-order valence-corrected chi connectivity index (χ1v) is 4.89. The number of para-hydroxylation sites is 1. The lowest BCUT2D eigenvalue weighted by atomic mass is 9.94. The fourth-order valence-corrected chi connectivity index (χ4v) is 1.94. The first kappa shape index (κ1) is 9.98. The van der Waals surface area contributed by atoms with Gasteiger partial charge in [0.05, 0.1) is 7.11 Å². The zero-order valence-corrected chi connectivity index (χ0v) is 8.86. The van der Waals surface area contributed by atoms with Crippen molar-refractivity contribution in [2.24, 2.45) is 11.8 Å². The van der Waals surface area contributed by atoms with Crippen LogP contribution in [0, 0.1) is 5.92 Å². The van der Waals surface area contributed by atoms with Gasteiger partial charge in [0.25, 0.3) is 0 Å². The van der Waals surface area contributed by atoms with E-state index >= 15 is 0 Å². The lowest BCUT2D eigenvalue weighted by Crippen LogP contribution is -2.45. The number of hydrogen-bond donors (Lipinski definition) is 1. The number of hydrazine groups is 1. The highest BCUT2D eigenvalue weighted by Gasteiger charge is 2.30. The summed E-state index contributed by atoms with van der Waals surface area (Å²) in [5.74, 6) is 6.29. The number of methoxy groups -OCH3 is 1. The van der Waals surface area contributed by atoms with Crippen LogP contribution in [0.25, 0.3) is 0 Å². The number of benzene rings is 1. The van der Waals surface area contributed by atoms with E-state index in [2.05, 4.69) is 0 Å². The summed E-state index contributed by atoms with van der Waals surface area (Å²) in [5.41, 5.74) is 1.76. The van der Waals surface area contributed by atoms with Gasteiger partial charge in [-0.3, -0.25) is 4.79 Å². The van der Waals surface area contributed by atoms with Crippen LogP contribution >= 0.6 is 0 Å². The number of nitrogens with zero attached hydrogens (tertiary/aromatic N) is 1. The molecule has 1 heterocycles. The average molecular weight is 206 g/mol. The Kier molecular flexibility index (Phi) is 2.36. The van der Waals surface area contributed by atoms with Crippen molar-refractivity contribution < 1.29 is 9.53 Å². The first-order valence-electron chi connectivity index (χ1n) is 4.89. The van der Waals surface area contributed by atoms with Gasteiger partial charge in [0.15, 0.2) is 0 Å². The molecule has 0 aromatic heterocycles. The molecule has 1 amide bonds. The molecule has 15 heavy (non-hydrogen) atoms. The standard InChI is InChI=1S/C11H14N2O2/c1-7-6-8-4-3-5-9(15-2)10(8)13(12)11(7)14/h3-5,7H,6,12H2,1-2H3. The Balaban J connectivity index is 2.55. The highest BCUT2D eigenvalue weighted by Crippen LogP contribution is 2.36. The zero-order valence-electron chi connectivity index (χ0n) is 8.86. The van der Waals surface area contributed by atoms with Crippen LogP contribution in [0.4, 0.5) is 5.69 Å². The monoisotopic (exact) mass is 206 g/mol. The molecule has 0 saturated carbocycles. The first-order chi connectivity index (χ1) is 7.15. The highest BCUT2D eigenvalue weighted by molar-refractivity contribution is 5.98. The molecule has 1 atom stereocenters. The summed E-state index contributed by atoms with van der Waals surface area (Å²) in [6.45, 7) is 1.88. The van der Waals surface area contributed by atoms with Crippen LogP contribution in [0.15, 0.2) is 18.2 Å². The Bertz CT molecular complexity index is 404. The molecular formula is C11H14N2O2. The lowest BCUT2D eigenvalue weighted by molar-refractivity contribution is -0.122. The van der Waals surface area contributed by atoms with Crippen LogP contribution in [0.5, 0.6) is 5.75 Å². The van der Waals surface area contributed by atoms with Gasteiger partial charge in [-0.15, -0.1) is 0 Å². The summed E-state index contributed by atoms with van der Waals surface area (Å²) in [5, 5.41) is 1.20. The van der Waals surface area contributed by atoms with Crippen molar-refractivity contribution in [3.63, 3.8) is 0 Å². The van der Waals surface area contributed by atoms with Crippen molar-refractivity contribution in [2.75, 3.05) is 12.1 Å². The van der Waals surface area contributed by atoms with Crippen LogP contribution in [0.2, 0.25) is 0 Å². The van der Waals surface area contributed by atoms with Crippen LogP contribution in [-0.2, 0) is 11.2 Å². The molecule has 4 nitrogen and oxygen atoms in total. The van der Waals surface area contributed by atoms with E-state index in [1.807, 2.05) is 25.1 Å². The summed E-state index contributed by atoms with van der Waals surface area (Å²) in [4.78, 5) is 11.7. The molecule has 4 heteroatoms. The van der Waals surface area contributed by atoms with E-state index in [0.29, 0.717) is 11.4 Å². The number of ether oxygens (including phenoxy) is 1. The van der Waals surface area contributed by atoms with Gasteiger partial charge in [-0.05, 0) is 18.1 Å². The molecule has 0 saturated heterocycles. The Morgan fingerprint density at radius 2 is 2.27 bits per heavy atom. The second kappa shape index (κ2) is 3.55. The molecule has 2 N–H and O–H groups in total. The van der Waals surface area contributed by atoms with E-state index in [9.17, 15) is 4.79 Å². The largest absolute Gasteiger partial charge is 0.495 e. The van der Waals surface area contributed by atoms with Crippen LogP contribution in [0.3, 0.4) is 0 Å². The summed E-state index contributed by atoms with van der Waals surface area (Å²) in [7, 11) is 1.58. The van der Waals surface area contributed by atoms with Crippen molar-refractivity contribution in [3.05, 3.63) is 23.8 Å². The number of carbonyl (C=O) groups excluding carboxylic acids is 1. The van der Waals surface area contributed by atoms with Gasteiger partial charge in [0.2, 0.25) is 5.91 Å². The molecule has 0 radical (unpaired) electrons. The van der Waals surface area contributed by atoms with Gasteiger partial charge in [-0.1, -0.05) is 19.1 Å². The van der Waals surface area contributed by atoms with Crippen molar-refractivity contribution >= 4 is 11.6 Å². The average Bonchev–Trinajstić information content (AvgIpc) is 2.25. The topological polar surface area (TPSA) is 55.6 Å². The second-order valence-corrected chi connectivity index (χ2v) is 3.78. The molecule has 0 bridgehead atoms. The van der Waals surface area contributed by atoms with Crippen molar-refractivity contribution in [1.82, 2.24) is 0 Å². The van der Waals surface area contributed by atoms with E-state index in [1.165, 1.54) is 5.01 Å². The minimum atomic E-state index is -0.0630. The van der Waals surface area contributed by atoms with Gasteiger partial charge in [-0.25, -0.2) is 10.9 Å². The van der Waals surface area contributed by atoms with Crippen LogP contribution in [-0.4, -0.2) is 13.0 Å². The zero-order chi connectivity index (χ0) is 11.0. The van der Waals surface area contributed by atoms with Crippen LogP contribution < -0.4 is 15.6 Å². The van der Waals surface area contributed by atoms with Crippen molar-refractivity contribution in [3.8, 4) is 5.75 Å². The molecule has 1 aromatic rings. The fraction of sp³-hybridized carbons (Fsp3) is 0.364. The van der Waals surface area contributed by atoms with E-state index in [1.54, 1.807) is 7.11 Å². The summed E-state index contributed by atoms with van der Waals surface area (Å²) in [6.07, 6.45) is 0.721. The predicted octanol–water partition coefficient (Wildman–Crippen LogP) is 1.09. The maximum atomic E-state index is 11.7. The van der Waals surface area contributed by atoms with E-state index in [0.717, 1.165) is 12.0 Å². The maximum Gasteiger partial charge on any atom is 0.244 e. The Hall–Kier alpha value is -1.55. The molecule has 1 aliphatic heterocycles. The van der Waals surface area contributed by atoms with E-state index < -0.39 is 0 Å². The number of amides is 1. The van der Waals surface area contributed by atoms with E-state index in [-0.39, 0.29) is 11.8 Å². The summed E-state index contributed by atoms with van der Waals surface area (Å²) >= 11 is 0. The summed E-state index contributed by atoms with van der Waals surface area (Å²) in [6, 6.07) is 5.69. The van der Waals surface area contributed by atoms with Gasteiger partial charge in [-0.2, -0.15) is 0 Å². The quantitative estimate of drug-likeness (QED) is 0.553. The van der Waals surface area contributed by atoms with Gasteiger partial charge in [0, 0.05) is 5.92 Å². The fourth-order valence-electron chi connectivity index (χ4n) is 1.94. The molecule has 1 aromatic carbocycles. The SMILES string of the molecule is COc1cccc2c1N(N)C(=O)C(C)C2. The molecule has 1 unspecified atom stereocenters. The Morgan fingerprint density at radius 3 is 2.93 bits per heavy atom. The third kappa shape index (κ3) is 1.47. The third-order valence-electron chi connectivity index (χ3n) is 2.73. The molecule has 80 valence electrons. The molecule has 1 aliphatic rings. The lowest BCUT2D eigenvalue weighted by Gasteiger charge is -2.30. The second-order valence-electron chi connectivity index (χ2n) is 3.78. The maximum absolute atomic E-state index is 11.7. The minimum Gasteiger partial charge on any atom is -0.495 e. The minimum absolute atomic E-state index is 0.0605. The number of carbonyl (C=O) groups is 1. The molecule has 0 fully saturated rings. The number of anilines is 1. The third-order valence-corrected chi connectivity index (χ3v) is 2.73. The van der Waals surface area contributed by atoms with Gasteiger partial charge < -0.3 is 4.74 Å².